The predicted octanol–water partition coefficient (Wildman–Crippen LogP) is 4.66. The van der Waals surface area contributed by atoms with Crippen LogP contribution in [0.5, 0.6) is 0 Å². The summed E-state index contributed by atoms with van der Waals surface area (Å²) in [6.45, 7) is 2.13. The molecule has 0 atom stereocenters. The fourth-order valence-corrected chi connectivity index (χ4v) is 4.45. The van der Waals surface area contributed by atoms with E-state index < -0.39 is 0 Å². The van der Waals surface area contributed by atoms with Gasteiger partial charge >= 0.3 is 0 Å². The van der Waals surface area contributed by atoms with Crippen LogP contribution in [0.3, 0.4) is 0 Å². The maximum absolute atomic E-state index is 12.5. The number of anilines is 1. The van der Waals surface area contributed by atoms with E-state index in [2.05, 4.69) is 29.4 Å². The van der Waals surface area contributed by atoms with E-state index in [1.807, 2.05) is 35.2 Å². The van der Waals surface area contributed by atoms with Crippen molar-refractivity contribution >= 4 is 54.1 Å². The fraction of sp³-hybridized carbons (Fsp3) is 0.176. The molecule has 0 bridgehead atoms. The highest BCUT2D eigenvalue weighted by Crippen LogP contribution is 2.28. The molecule has 0 aliphatic carbocycles. The number of rotatable bonds is 3. The monoisotopic (exact) mass is 341 g/mol. The Morgan fingerprint density at radius 1 is 1.26 bits per heavy atom. The summed E-state index contributed by atoms with van der Waals surface area (Å²) in [7, 11) is 1.91. The van der Waals surface area contributed by atoms with Gasteiger partial charge in [0.2, 0.25) is 0 Å². The van der Waals surface area contributed by atoms with Crippen molar-refractivity contribution in [3.63, 3.8) is 0 Å². The van der Waals surface area contributed by atoms with E-state index in [0.717, 1.165) is 26.9 Å². The lowest BCUT2D eigenvalue weighted by Gasteiger charge is -2.03. The standard InChI is InChI=1S/C17H15N3OS2/c1-3-10-4-5-11-14(8-10)23-17(18-11)19-16(21)13-9-15-12(20(13)2)6-7-22-15/h4-9H,3H2,1-2H3,(H,18,19,21). The smallest absolute Gasteiger partial charge is 0.274 e. The number of thiazole rings is 1. The third kappa shape index (κ3) is 2.44. The Labute approximate surface area is 141 Å². The van der Waals surface area contributed by atoms with Crippen molar-refractivity contribution in [2.45, 2.75) is 13.3 Å². The number of hydrogen-bond donors (Lipinski definition) is 1. The first kappa shape index (κ1) is 14.4. The summed E-state index contributed by atoms with van der Waals surface area (Å²) in [6.07, 6.45) is 0.996. The molecule has 3 heterocycles. The number of thiophene rings is 1. The Kier molecular flexibility index (Phi) is 3.43. The lowest BCUT2D eigenvalue weighted by atomic mass is 10.2. The van der Waals surface area contributed by atoms with E-state index in [0.29, 0.717) is 10.8 Å². The topological polar surface area (TPSA) is 46.9 Å². The summed E-state index contributed by atoms with van der Waals surface area (Å²) in [4.78, 5) is 17.0. The normalized spacial score (nSPS) is 11.4. The zero-order valence-electron chi connectivity index (χ0n) is 12.8. The molecule has 23 heavy (non-hydrogen) atoms. The fourth-order valence-electron chi connectivity index (χ4n) is 2.67. The molecule has 1 aromatic carbocycles. The van der Waals surface area contributed by atoms with Gasteiger partial charge in [-0.25, -0.2) is 4.98 Å². The average Bonchev–Trinajstić information content (AvgIpc) is 3.22. The van der Waals surface area contributed by atoms with Gasteiger partial charge in [-0.2, -0.15) is 0 Å². The third-order valence-electron chi connectivity index (χ3n) is 3.98. The highest BCUT2D eigenvalue weighted by atomic mass is 32.1. The minimum atomic E-state index is -0.120. The van der Waals surface area contributed by atoms with Crippen molar-refractivity contribution in [1.29, 1.82) is 0 Å². The van der Waals surface area contributed by atoms with Gasteiger partial charge < -0.3 is 4.57 Å². The van der Waals surface area contributed by atoms with Crippen molar-refractivity contribution < 1.29 is 4.79 Å². The molecule has 4 aromatic rings. The van der Waals surface area contributed by atoms with Crippen LogP contribution in [0.15, 0.2) is 35.7 Å². The SMILES string of the molecule is CCc1ccc2nc(NC(=O)c3cc4sccc4n3C)sc2c1. The number of nitrogens with one attached hydrogen (secondary N) is 1. The molecular weight excluding hydrogens is 326 g/mol. The number of carbonyl (C=O) groups is 1. The molecule has 0 saturated carbocycles. The summed E-state index contributed by atoms with van der Waals surface area (Å²) in [6, 6.07) is 10.2. The summed E-state index contributed by atoms with van der Waals surface area (Å²) in [5.74, 6) is -0.120. The largest absolute Gasteiger partial charge is 0.339 e. The van der Waals surface area contributed by atoms with Gasteiger partial charge in [0.1, 0.15) is 5.69 Å². The van der Waals surface area contributed by atoms with Crippen LogP contribution in [0.2, 0.25) is 0 Å². The number of benzene rings is 1. The zero-order chi connectivity index (χ0) is 16.0. The van der Waals surface area contributed by atoms with Gasteiger partial charge in [0, 0.05) is 7.05 Å². The molecule has 0 aliphatic heterocycles. The minimum Gasteiger partial charge on any atom is -0.339 e. The van der Waals surface area contributed by atoms with Crippen molar-refractivity contribution in [2.24, 2.45) is 7.05 Å². The highest BCUT2D eigenvalue weighted by Gasteiger charge is 2.16. The lowest BCUT2D eigenvalue weighted by molar-refractivity contribution is 0.102. The van der Waals surface area contributed by atoms with E-state index >= 15 is 0 Å². The second kappa shape index (κ2) is 5.47. The average molecular weight is 341 g/mol. The molecule has 116 valence electrons. The number of nitrogens with zero attached hydrogens (tertiary/aromatic N) is 2. The van der Waals surface area contributed by atoms with Crippen LogP contribution in [-0.2, 0) is 13.5 Å². The molecule has 0 saturated heterocycles. The van der Waals surface area contributed by atoms with E-state index in [4.69, 9.17) is 0 Å². The summed E-state index contributed by atoms with van der Waals surface area (Å²) >= 11 is 3.15. The molecule has 0 radical (unpaired) electrons. The van der Waals surface area contributed by atoms with Gasteiger partial charge in [-0.3, -0.25) is 10.1 Å². The van der Waals surface area contributed by atoms with Crippen LogP contribution < -0.4 is 5.32 Å². The van der Waals surface area contributed by atoms with Gasteiger partial charge in [0.05, 0.1) is 20.4 Å². The van der Waals surface area contributed by atoms with Gasteiger partial charge in [0.15, 0.2) is 5.13 Å². The quantitative estimate of drug-likeness (QED) is 0.589. The summed E-state index contributed by atoms with van der Waals surface area (Å²) in [5.41, 5.74) is 3.94. The number of aryl methyl sites for hydroxylation is 2. The molecule has 0 spiro atoms. The molecule has 0 unspecified atom stereocenters. The second-order valence-electron chi connectivity index (χ2n) is 5.39. The molecule has 0 aliphatic rings. The van der Waals surface area contributed by atoms with Crippen LogP contribution in [0, 0.1) is 0 Å². The molecule has 6 heteroatoms. The van der Waals surface area contributed by atoms with Crippen LogP contribution in [-0.4, -0.2) is 15.5 Å². The minimum absolute atomic E-state index is 0.120. The predicted molar refractivity (Wildman–Crippen MR) is 97.7 cm³/mol. The molecular formula is C17H15N3OS2. The number of fused-ring (bicyclic) bond motifs is 2. The van der Waals surface area contributed by atoms with Crippen LogP contribution in [0.1, 0.15) is 23.0 Å². The Balaban J connectivity index is 1.65. The van der Waals surface area contributed by atoms with Crippen LogP contribution >= 0.6 is 22.7 Å². The lowest BCUT2D eigenvalue weighted by Crippen LogP contribution is -2.15. The second-order valence-corrected chi connectivity index (χ2v) is 7.37. The van der Waals surface area contributed by atoms with Crippen molar-refractivity contribution in [3.05, 3.63) is 47.0 Å². The van der Waals surface area contributed by atoms with E-state index in [-0.39, 0.29) is 5.91 Å². The summed E-state index contributed by atoms with van der Waals surface area (Å²) in [5, 5.41) is 5.60. The zero-order valence-corrected chi connectivity index (χ0v) is 14.4. The summed E-state index contributed by atoms with van der Waals surface area (Å²) < 4.78 is 4.14. The first-order valence-electron chi connectivity index (χ1n) is 7.39. The van der Waals surface area contributed by atoms with Crippen LogP contribution in [0.25, 0.3) is 20.4 Å². The molecule has 4 rings (SSSR count). The van der Waals surface area contributed by atoms with E-state index in [1.165, 1.54) is 16.9 Å². The highest BCUT2D eigenvalue weighted by molar-refractivity contribution is 7.22. The maximum atomic E-state index is 12.5. The van der Waals surface area contributed by atoms with Crippen molar-refractivity contribution in [3.8, 4) is 0 Å². The van der Waals surface area contributed by atoms with Gasteiger partial charge in [-0.15, -0.1) is 11.3 Å². The molecule has 0 fully saturated rings. The Bertz CT molecular complexity index is 1030. The number of amides is 1. The Morgan fingerprint density at radius 2 is 2.13 bits per heavy atom. The van der Waals surface area contributed by atoms with Crippen molar-refractivity contribution in [1.82, 2.24) is 9.55 Å². The first-order chi connectivity index (χ1) is 11.2. The number of hydrogen-bond acceptors (Lipinski definition) is 4. The Morgan fingerprint density at radius 3 is 2.91 bits per heavy atom. The molecule has 4 nitrogen and oxygen atoms in total. The Hall–Kier alpha value is -2.18. The molecule has 1 N–H and O–H groups in total. The molecule has 3 aromatic heterocycles. The van der Waals surface area contributed by atoms with Crippen molar-refractivity contribution in [2.75, 3.05) is 5.32 Å². The van der Waals surface area contributed by atoms with Gasteiger partial charge in [-0.05, 0) is 41.6 Å². The number of aromatic nitrogens is 2. The first-order valence-corrected chi connectivity index (χ1v) is 9.09. The van der Waals surface area contributed by atoms with Gasteiger partial charge in [-0.1, -0.05) is 24.3 Å². The van der Waals surface area contributed by atoms with Crippen LogP contribution in [0.4, 0.5) is 5.13 Å². The van der Waals surface area contributed by atoms with Gasteiger partial charge in [0.25, 0.3) is 5.91 Å². The maximum Gasteiger partial charge on any atom is 0.274 e. The van der Waals surface area contributed by atoms with E-state index in [1.54, 1.807) is 11.3 Å². The van der Waals surface area contributed by atoms with E-state index in [9.17, 15) is 4.79 Å². The number of carbonyl (C=O) groups excluding carboxylic acids is 1. The third-order valence-corrected chi connectivity index (χ3v) is 5.76. The molecule has 1 amide bonds.